The van der Waals surface area contributed by atoms with Gasteiger partial charge >= 0.3 is 6.18 Å². The van der Waals surface area contributed by atoms with E-state index < -0.39 is 11.7 Å². The molecule has 1 aromatic carbocycles. The SMILES string of the molecule is CCC(=O)/C=C/c1ccc(C(F)(F)F)cc1. The van der Waals surface area contributed by atoms with Gasteiger partial charge in [-0.05, 0) is 23.8 Å². The number of hydrogen-bond acceptors (Lipinski definition) is 1. The number of hydrogen-bond donors (Lipinski definition) is 0. The highest BCUT2D eigenvalue weighted by Gasteiger charge is 2.29. The van der Waals surface area contributed by atoms with Gasteiger partial charge in [0.2, 0.25) is 0 Å². The van der Waals surface area contributed by atoms with E-state index in [1.54, 1.807) is 6.92 Å². The van der Waals surface area contributed by atoms with Crippen molar-refractivity contribution in [1.29, 1.82) is 0 Å². The maximum Gasteiger partial charge on any atom is 0.416 e. The lowest BCUT2D eigenvalue weighted by molar-refractivity contribution is -0.137. The summed E-state index contributed by atoms with van der Waals surface area (Å²) in [6.07, 6.45) is -1.06. The van der Waals surface area contributed by atoms with E-state index in [4.69, 9.17) is 0 Å². The van der Waals surface area contributed by atoms with Gasteiger partial charge in [-0.25, -0.2) is 0 Å². The van der Waals surface area contributed by atoms with E-state index in [9.17, 15) is 18.0 Å². The van der Waals surface area contributed by atoms with E-state index >= 15 is 0 Å². The van der Waals surface area contributed by atoms with Crippen LogP contribution in [0.25, 0.3) is 6.08 Å². The van der Waals surface area contributed by atoms with Crippen LogP contribution in [0.1, 0.15) is 24.5 Å². The Morgan fingerprint density at radius 1 is 1.25 bits per heavy atom. The average Bonchev–Trinajstić information content (AvgIpc) is 2.25. The molecule has 0 saturated heterocycles. The van der Waals surface area contributed by atoms with Gasteiger partial charge in [-0.3, -0.25) is 4.79 Å². The second kappa shape index (κ2) is 4.96. The molecule has 0 aliphatic heterocycles. The van der Waals surface area contributed by atoms with E-state index in [1.165, 1.54) is 24.3 Å². The fourth-order valence-electron chi connectivity index (χ4n) is 1.09. The molecule has 86 valence electrons. The number of rotatable bonds is 3. The molecule has 0 radical (unpaired) electrons. The molecule has 0 N–H and O–H groups in total. The summed E-state index contributed by atoms with van der Waals surface area (Å²) in [6.45, 7) is 1.72. The molecule has 0 unspecified atom stereocenters. The standard InChI is InChI=1S/C12H11F3O/c1-2-11(16)8-5-9-3-6-10(7-4-9)12(13,14)15/h3-8H,2H2,1H3/b8-5+. The molecule has 0 amide bonds. The predicted molar refractivity (Wildman–Crippen MR) is 55.8 cm³/mol. The van der Waals surface area contributed by atoms with Crippen LogP contribution in [0.15, 0.2) is 30.3 Å². The van der Waals surface area contributed by atoms with Crippen LogP contribution in [0.5, 0.6) is 0 Å². The van der Waals surface area contributed by atoms with Crippen molar-refractivity contribution in [1.82, 2.24) is 0 Å². The first-order valence-corrected chi connectivity index (χ1v) is 4.81. The first-order valence-electron chi connectivity index (χ1n) is 4.81. The molecule has 1 rings (SSSR count). The smallest absolute Gasteiger partial charge is 0.295 e. The van der Waals surface area contributed by atoms with E-state index in [0.29, 0.717) is 12.0 Å². The summed E-state index contributed by atoms with van der Waals surface area (Å²) >= 11 is 0. The van der Waals surface area contributed by atoms with Crippen molar-refractivity contribution in [2.45, 2.75) is 19.5 Å². The normalized spacial score (nSPS) is 12.0. The second-order valence-corrected chi connectivity index (χ2v) is 3.27. The van der Waals surface area contributed by atoms with Crippen LogP contribution in [0.3, 0.4) is 0 Å². The third kappa shape index (κ3) is 3.53. The van der Waals surface area contributed by atoms with E-state index in [2.05, 4.69) is 0 Å². The number of ketones is 1. The van der Waals surface area contributed by atoms with Crippen LogP contribution in [0.2, 0.25) is 0 Å². The summed E-state index contributed by atoms with van der Waals surface area (Å²) in [5.74, 6) is -0.0557. The zero-order valence-corrected chi connectivity index (χ0v) is 8.71. The molecule has 0 aromatic heterocycles. The van der Waals surface area contributed by atoms with Gasteiger partial charge in [0.25, 0.3) is 0 Å². The van der Waals surface area contributed by atoms with Gasteiger partial charge in [0.15, 0.2) is 5.78 Å². The van der Waals surface area contributed by atoms with Crippen molar-refractivity contribution in [3.8, 4) is 0 Å². The summed E-state index contributed by atoms with van der Waals surface area (Å²) in [5.41, 5.74) is -0.110. The van der Waals surface area contributed by atoms with Crippen LogP contribution in [0.4, 0.5) is 13.2 Å². The van der Waals surface area contributed by atoms with Crippen molar-refractivity contribution in [2.75, 3.05) is 0 Å². The number of carbonyl (C=O) groups is 1. The number of carbonyl (C=O) groups excluding carboxylic acids is 1. The van der Waals surface area contributed by atoms with Gasteiger partial charge in [0.05, 0.1) is 5.56 Å². The van der Waals surface area contributed by atoms with E-state index in [0.717, 1.165) is 12.1 Å². The van der Waals surface area contributed by atoms with Gasteiger partial charge in [-0.15, -0.1) is 0 Å². The Hall–Kier alpha value is -1.58. The van der Waals surface area contributed by atoms with Gasteiger partial charge < -0.3 is 0 Å². The van der Waals surface area contributed by atoms with Crippen molar-refractivity contribution in [2.24, 2.45) is 0 Å². The first kappa shape index (κ1) is 12.5. The van der Waals surface area contributed by atoms with Crippen LogP contribution in [-0.4, -0.2) is 5.78 Å². The van der Waals surface area contributed by atoms with Crippen LogP contribution < -0.4 is 0 Å². The summed E-state index contributed by atoms with van der Waals surface area (Å²) in [5, 5.41) is 0. The predicted octanol–water partition coefficient (Wildman–Crippen LogP) is 3.70. The molecule has 1 aromatic rings. The lowest BCUT2D eigenvalue weighted by atomic mass is 10.1. The Morgan fingerprint density at radius 2 is 1.81 bits per heavy atom. The lowest BCUT2D eigenvalue weighted by Gasteiger charge is -2.05. The summed E-state index contributed by atoms with van der Waals surface area (Å²) in [6, 6.07) is 4.66. The number of allylic oxidation sites excluding steroid dienone is 1. The molecule has 1 nitrogen and oxygen atoms in total. The Morgan fingerprint density at radius 3 is 2.25 bits per heavy atom. The molecule has 0 aliphatic rings. The van der Waals surface area contributed by atoms with Crippen LogP contribution in [-0.2, 0) is 11.0 Å². The fraction of sp³-hybridized carbons (Fsp3) is 0.250. The monoisotopic (exact) mass is 228 g/mol. The molecule has 4 heteroatoms. The highest BCUT2D eigenvalue weighted by molar-refractivity contribution is 5.93. The lowest BCUT2D eigenvalue weighted by Crippen LogP contribution is -2.03. The molecule has 0 bridgehead atoms. The topological polar surface area (TPSA) is 17.1 Å². The molecule has 0 heterocycles. The zero-order valence-electron chi connectivity index (χ0n) is 8.71. The Balaban J connectivity index is 2.80. The minimum Gasteiger partial charge on any atom is -0.295 e. The van der Waals surface area contributed by atoms with Gasteiger partial charge in [0.1, 0.15) is 0 Å². The molecular weight excluding hydrogens is 217 g/mol. The molecule has 0 fully saturated rings. The van der Waals surface area contributed by atoms with E-state index in [-0.39, 0.29) is 5.78 Å². The van der Waals surface area contributed by atoms with Gasteiger partial charge in [-0.2, -0.15) is 13.2 Å². The zero-order chi connectivity index (χ0) is 12.2. The van der Waals surface area contributed by atoms with Crippen molar-refractivity contribution in [3.63, 3.8) is 0 Å². The highest BCUT2D eigenvalue weighted by Crippen LogP contribution is 2.29. The number of alkyl halides is 3. The number of halogens is 3. The maximum absolute atomic E-state index is 12.2. The van der Waals surface area contributed by atoms with Crippen molar-refractivity contribution < 1.29 is 18.0 Å². The fourth-order valence-corrected chi connectivity index (χ4v) is 1.09. The quantitative estimate of drug-likeness (QED) is 0.721. The number of benzene rings is 1. The average molecular weight is 228 g/mol. The highest BCUT2D eigenvalue weighted by atomic mass is 19.4. The molecular formula is C12H11F3O. The summed E-state index contributed by atoms with van der Waals surface area (Å²) < 4.78 is 36.6. The van der Waals surface area contributed by atoms with Crippen LogP contribution in [0, 0.1) is 0 Å². The largest absolute Gasteiger partial charge is 0.416 e. The minimum absolute atomic E-state index is 0.0557. The van der Waals surface area contributed by atoms with Crippen LogP contribution >= 0.6 is 0 Å². The summed E-state index contributed by atoms with van der Waals surface area (Å²) in [7, 11) is 0. The Kier molecular flexibility index (Phi) is 3.88. The van der Waals surface area contributed by atoms with Crippen molar-refractivity contribution >= 4 is 11.9 Å². The van der Waals surface area contributed by atoms with Crippen molar-refractivity contribution in [3.05, 3.63) is 41.5 Å². The molecule has 0 aliphatic carbocycles. The second-order valence-electron chi connectivity index (χ2n) is 3.27. The maximum atomic E-state index is 12.2. The summed E-state index contributed by atoms with van der Waals surface area (Å²) in [4.78, 5) is 10.9. The molecule has 0 saturated carbocycles. The Labute approximate surface area is 91.6 Å². The molecule has 0 atom stereocenters. The third-order valence-corrected chi connectivity index (χ3v) is 2.05. The Bertz CT molecular complexity index is 388. The minimum atomic E-state index is -4.32. The third-order valence-electron chi connectivity index (χ3n) is 2.05. The molecule has 16 heavy (non-hydrogen) atoms. The van der Waals surface area contributed by atoms with E-state index in [1.807, 2.05) is 0 Å². The molecule has 0 spiro atoms. The van der Waals surface area contributed by atoms with Gasteiger partial charge in [0, 0.05) is 6.42 Å². The first-order chi connectivity index (χ1) is 7.43. The van der Waals surface area contributed by atoms with Gasteiger partial charge in [-0.1, -0.05) is 25.1 Å².